The summed E-state index contributed by atoms with van der Waals surface area (Å²) in [6.45, 7) is 6.68. The molecule has 1 aromatic rings. The van der Waals surface area contributed by atoms with Gasteiger partial charge in [-0.15, -0.1) is 0 Å². The van der Waals surface area contributed by atoms with Gasteiger partial charge in [0.15, 0.2) is 0 Å². The number of hydrogen-bond donors (Lipinski definition) is 1. The normalized spacial score (nSPS) is 17.7. The largest absolute Gasteiger partial charge is 0.444 e. The number of rotatable bonds is 0. The van der Waals surface area contributed by atoms with Crippen molar-refractivity contribution in [1.29, 1.82) is 0 Å². The summed E-state index contributed by atoms with van der Waals surface area (Å²) in [5.74, 6) is -0.0898. The molecule has 0 atom stereocenters. The van der Waals surface area contributed by atoms with Crippen molar-refractivity contribution in [2.75, 3.05) is 18.4 Å². The number of amides is 2. The van der Waals surface area contributed by atoms with Crippen LogP contribution in [-0.2, 0) is 9.53 Å². The van der Waals surface area contributed by atoms with Crippen LogP contribution in [-0.4, -0.2) is 35.6 Å². The second-order valence-electron chi connectivity index (χ2n) is 7.09. The van der Waals surface area contributed by atoms with Crippen LogP contribution in [0.4, 0.5) is 10.5 Å². The molecule has 2 aliphatic heterocycles. The van der Waals surface area contributed by atoms with E-state index in [1.807, 2.05) is 26.8 Å². The first kappa shape index (κ1) is 16.8. The van der Waals surface area contributed by atoms with E-state index in [2.05, 4.69) is 5.32 Å². The quantitative estimate of drug-likeness (QED) is 0.719. The number of hydrogen-bond acceptors (Lipinski definition) is 3. The number of fused-ring (bicyclic) bond motifs is 1. The highest BCUT2D eigenvalue weighted by atomic mass is 35.5. The molecule has 2 aliphatic rings. The van der Waals surface area contributed by atoms with Gasteiger partial charge in [0, 0.05) is 29.2 Å². The van der Waals surface area contributed by atoms with E-state index in [0.29, 0.717) is 31.0 Å². The van der Waals surface area contributed by atoms with E-state index >= 15 is 0 Å². The molecule has 1 saturated heterocycles. The summed E-state index contributed by atoms with van der Waals surface area (Å²) in [6.07, 6.45) is 1.04. The van der Waals surface area contributed by atoms with Crippen LogP contribution in [0.1, 0.15) is 39.2 Å². The number of benzene rings is 1. The second kappa shape index (κ2) is 6.13. The fourth-order valence-corrected chi connectivity index (χ4v) is 3.20. The van der Waals surface area contributed by atoms with E-state index in [0.717, 1.165) is 22.4 Å². The van der Waals surface area contributed by atoms with Gasteiger partial charge in [0.2, 0.25) is 0 Å². The molecule has 1 fully saturated rings. The van der Waals surface area contributed by atoms with Gasteiger partial charge in [-0.25, -0.2) is 4.79 Å². The predicted octanol–water partition coefficient (Wildman–Crippen LogP) is 4.08. The van der Waals surface area contributed by atoms with E-state index < -0.39 is 5.60 Å². The van der Waals surface area contributed by atoms with Gasteiger partial charge in [-0.05, 0) is 45.7 Å². The SMILES string of the molecule is CC(C)(C)OC(=O)N1CCC(=C2C(=O)Nc3cc(Cl)ccc32)CC1. The highest BCUT2D eigenvalue weighted by Gasteiger charge is 2.31. The molecule has 128 valence electrons. The maximum atomic E-state index is 12.3. The van der Waals surface area contributed by atoms with Gasteiger partial charge in [0.05, 0.1) is 5.69 Å². The van der Waals surface area contributed by atoms with Gasteiger partial charge in [-0.2, -0.15) is 0 Å². The van der Waals surface area contributed by atoms with Gasteiger partial charge >= 0.3 is 6.09 Å². The molecular formula is C18H21ClN2O3. The monoisotopic (exact) mass is 348 g/mol. The lowest BCUT2D eigenvalue weighted by molar-refractivity contribution is -0.110. The molecule has 2 amide bonds. The van der Waals surface area contributed by atoms with Crippen LogP contribution in [0, 0.1) is 0 Å². The van der Waals surface area contributed by atoms with Crippen LogP contribution in [0.3, 0.4) is 0 Å². The molecule has 0 unspecified atom stereocenters. The molecule has 0 aliphatic carbocycles. The minimum absolute atomic E-state index is 0.0898. The van der Waals surface area contributed by atoms with Gasteiger partial charge in [0.1, 0.15) is 5.60 Å². The third kappa shape index (κ3) is 3.41. The number of piperidine rings is 1. The minimum atomic E-state index is -0.501. The molecule has 1 aromatic carbocycles. The van der Waals surface area contributed by atoms with Gasteiger partial charge in [-0.1, -0.05) is 23.2 Å². The smallest absolute Gasteiger partial charge is 0.410 e. The van der Waals surface area contributed by atoms with Crippen LogP contribution in [0.15, 0.2) is 23.8 Å². The van der Waals surface area contributed by atoms with E-state index in [1.54, 1.807) is 17.0 Å². The summed E-state index contributed by atoms with van der Waals surface area (Å²) in [4.78, 5) is 26.2. The van der Waals surface area contributed by atoms with Crippen molar-refractivity contribution in [1.82, 2.24) is 4.90 Å². The topological polar surface area (TPSA) is 58.6 Å². The Labute approximate surface area is 146 Å². The molecule has 3 rings (SSSR count). The number of carbonyl (C=O) groups is 2. The van der Waals surface area contributed by atoms with Crippen molar-refractivity contribution in [2.24, 2.45) is 0 Å². The van der Waals surface area contributed by atoms with E-state index in [9.17, 15) is 9.59 Å². The van der Waals surface area contributed by atoms with Gasteiger partial charge < -0.3 is 15.0 Å². The highest BCUT2D eigenvalue weighted by Crippen LogP contribution is 2.38. The van der Waals surface area contributed by atoms with Crippen LogP contribution >= 0.6 is 11.6 Å². The zero-order chi connectivity index (χ0) is 17.5. The molecule has 24 heavy (non-hydrogen) atoms. The standard InChI is InChI=1S/C18H21ClN2O3/c1-18(2,3)24-17(23)21-8-6-11(7-9-21)15-13-5-4-12(19)10-14(13)20-16(15)22/h4-5,10H,6-9H2,1-3H3,(H,20,22). The molecule has 0 saturated carbocycles. The first-order valence-electron chi connectivity index (χ1n) is 8.06. The first-order valence-corrected chi connectivity index (χ1v) is 8.43. The molecule has 6 heteroatoms. The number of anilines is 1. The third-order valence-electron chi connectivity index (χ3n) is 4.10. The Hall–Kier alpha value is -2.01. The van der Waals surface area contributed by atoms with Crippen LogP contribution in [0.5, 0.6) is 0 Å². The molecule has 0 bridgehead atoms. The Morgan fingerprint density at radius 2 is 1.92 bits per heavy atom. The Balaban J connectivity index is 1.76. The summed E-state index contributed by atoms with van der Waals surface area (Å²) < 4.78 is 5.41. The molecular weight excluding hydrogens is 328 g/mol. The Bertz CT molecular complexity index is 724. The molecule has 0 aromatic heterocycles. The van der Waals surface area contributed by atoms with Crippen molar-refractivity contribution in [3.63, 3.8) is 0 Å². The summed E-state index contributed by atoms with van der Waals surface area (Å²) in [5, 5.41) is 3.46. The highest BCUT2D eigenvalue weighted by molar-refractivity contribution is 6.34. The number of likely N-dealkylation sites (tertiary alicyclic amines) is 1. The Morgan fingerprint density at radius 3 is 2.54 bits per heavy atom. The molecule has 5 nitrogen and oxygen atoms in total. The maximum absolute atomic E-state index is 12.3. The van der Waals surface area contributed by atoms with E-state index in [4.69, 9.17) is 16.3 Å². The van der Waals surface area contributed by atoms with Crippen molar-refractivity contribution in [2.45, 2.75) is 39.2 Å². The Morgan fingerprint density at radius 1 is 1.25 bits per heavy atom. The Kier molecular flexibility index (Phi) is 4.30. The minimum Gasteiger partial charge on any atom is -0.444 e. The van der Waals surface area contributed by atoms with Crippen molar-refractivity contribution in [3.8, 4) is 0 Å². The first-order chi connectivity index (χ1) is 11.2. The average molecular weight is 349 g/mol. The van der Waals surface area contributed by atoms with Crippen LogP contribution < -0.4 is 5.32 Å². The van der Waals surface area contributed by atoms with E-state index in [-0.39, 0.29) is 12.0 Å². The van der Waals surface area contributed by atoms with Crippen molar-refractivity contribution in [3.05, 3.63) is 34.4 Å². The fourth-order valence-electron chi connectivity index (χ4n) is 3.03. The molecule has 0 spiro atoms. The fraction of sp³-hybridized carbons (Fsp3) is 0.444. The van der Waals surface area contributed by atoms with Crippen LogP contribution in [0.25, 0.3) is 5.57 Å². The molecule has 0 radical (unpaired) electrons. The third-order valence-corrected chi connectivity index (χ3v) is 4.33. The number of ether oxygens (including phenoxy) is 1. The number of carbonyl (C=O) groups excluding carboxylic acids is 2. The molecule has 1 N–H and O–H groups in total. The summed E-state index contributed by atoms with van der Waals surface area (Å²) in [7, 11) is 0. The maximum Gasteiger partial charge on any atom is 0.410 e. The second-order valence-corrected chi connectivity index (χ2v) is 7.53. The number of nitrogens with zero attached hydrogens (tertiary/aromatic N) is 1. The predicted molar refractivity (Wildman–Crippen MR) is 94.0 cm³/mol. The van der Waals surface area contributed by atoms with E-state index in [1.165, 1.54) is 0 Å². The number of nitrogens with one attached hydrogen (secondary N) is 1. The zero-order valence-electron chi connectivity index (χ0n) is 14.1. The van der Waals surface area contributed by atoms with Crippen molar-refractivity contribution >= 4 is 34.9 Å². The lowest BCUT2D eigenvalue weighted by atomic mass is 9.94. The zero-order valence-corrected chi connectivity index (χ0v) is 14.9. The summed E-state index contributed by atoms with van der Waals surface area (Å²) >= 11 is 5.99. The lowest BCUT2D eigenvalue weighted by Gasteiger charge is -2.31. The molecule has 2 heterocycles. The van der Waals surface area contributed by atoms with Crippen molar-refractivity contribution < 1.29 is 14.3 Å². The van der Waals surface area contributed by atoms with Gasteiger partial charge in [0.25, 0.3) is 5.91 Å². The van der Waals surface area contributed by atoms with Gasteiger partial charge in [-0.3, -0.25) is 4.79 Å². The van der Waals surface area contributed by atoms with Crippen LogP contribution in [0.2, 0.25) is 5.02 Å². The summed E-state index contributed by atoms with van der Waals surface area (Å²) in [5.41, 5.74) is 2.95. The summed E-state index contributed by atoms with van der Waals surface area (Å²) in [6, 6.07) is 5.42. The lowest BCUT2D eigenvalue weighted by Crippen LogP contribution is -2.40. The number of halogens is 1. The average Bonchev–Trinajstić information content (AvgIpc) is 2.80.